The Labute approximate surface area is 123 Å². The predicted octanol–water partition coefficient (Wildman–Crippen LogP) is 2.05. The third-order valence-corrected chi connectivity index (χ3v) is 3.10. The van der Waals surface area contributed by atoms with E-state index in [2.05, 4.69) is 15.7 Å². The van der Waals surface area contributed by atoms with E-state index in [1.54, 1.807) is 24.1 Å². The Morgan fingerprint density at radius 2 is 2.10 bits per heavy atom. The Morgan fingerprint density at radius 1 is 1.38 bits per heavy atom. The van der Waals surface area contributed by atoms with Crippen molar-refractivity contribution in [1.29, 1.82) is 0 Å². The highest BCUT2D eigenvalue weighted by Crippen LogP contribution is 2.17. The van der Waals surface area contributed by atoms with E-state index in [0.717, 1.165) is 5.56 Å². The Hall–Kier alpha value is -2.34. The standard InChI is InChI=1S/C15H20N4O2/c1-11(8-14(20)12-6-4-3-5-7-12)17-15(21)18-13-9-16-19(2)10-13/h3-7,9-11,14,20H,8H2,1-2H3,(H2,17,18,21). The fourth-order valence-electron chi connectivity index (χ4n) is 2.08. The topological polar surface area (TPSA) is 79.2 Å². The van der Waals surface area contributed by atoms with E-state index in [1.807, 2.05) is 37.3 Å². The van der Waals surface area contributed by atoms with E-state index < -0.39 is 6.10 Å². The van der Waals surface area contributed by atoms with Gasteiger partial charge in [-0.25, -0.2) is 4.79 Å². The van der Waals surface area contributed by atoms with Crippen LogP contribution >= 0.6 is 0 Å². The fourth-order valence-corrected chi connectivity index (χ4v) is 2.08. The number of anilines is 1. The molecule has 3 N–H and O–H groups in total. The van der Waals surface area contributed by atoms with Gasteiger partial charge in [0.1, 0.15) is 0 Å². The van der Waals surface area contributed by atoms with Crippen LogP contribution in [0.4, 0.5) is 10.5 Å². The molecule has 112 valence electrons. The van der Waals surface area contributed by atoms with Gasteiger partial charge in [-0.2, -0.15) is 5.10 Å². The summed E-state index contributed by atoms with van der Waals surface area (Å²) in [4.78, 5) is 11.8. The first-order valence-corrected chi connectivity index (χ1v) is 6.84. The summed E-state index contributed by atoms with van der Waals surface area (Å²) in [5, 5.41) is 19.6. The smallest absolute Gasteiger partial charge is 0.319 e. The molecule has 2 aromatic rings. The van der Waals surface area contributed by atoms with Crippen LogP contribution in [0.3, 0.4) is 0 Å². The zero-order valence-electron chi connectivity index (χ0n) is 12.2. The van der Waals surface area contributed by atoms with Crippen LogP contribution in [0.1, 0.15) is 25.0 Å². The lowest BCUT2D eigenvalue weighted by molar-refractivity contribution is 0.155. The van der Waals surface area contributed by atoms with Crippen molar-refractivity contribution in [2.75, 3.05) is 5.32 Å². The van der Waals surface area contributed by atoms with Crippen molar-refractivity contribution < 1.29 is 9.90 Å². The van der Waals surface area contributed by atoms with Crippen LogP contribution in [0.2, 0.25) is 0 Å². The first kappa shape index (κ1) is 15.1. The van der Waals surface area contributed by atoms with Crippen molar-refractivity contribution in [2.24, 2.45) is 7.05 Å². The van der Waals surface area contributed by atoms with Crippen LogP contribution in [0.15, 0.2) is 42.7 Å². The zero-order chi connectivity index (χ0) is 15.2. The van der Waals surface area contributed by atoms with Crippen LogP contribution in [-0.2, 0) is 7.05 Å². The molecule has 2 amide bonds. The van der Waals surface area contributed by atoms with Gasteiger partial charge in [-0.15, -0.1) is 0 Å². The Bertz CT molecular complexity index is 582. The summed E-state index contributed by atoms with van der Waals surface area (Å²) in [5.41, 5.74) is 1.48. The number of nitrogens with zero attached hydrogens (tertiary/aromatic N) is 2. The second-order valence-electron chi connectivity index (χ2n) is 5.06. The Morgan fingerprint density at radius 3 is 2.71 bits per heavy atom. The molecule has 21 heavy (non-hydrogen) atoms. The Kier molecular flexibility index (Phi) is 4.94. The molecule has 1 aromatic carbocycles. The minimum Gasteiger partial charge on any atom is -0.388 e. The molecule has 0 spiro atoms. The van der Waals surface area contributed by atoms with Crippen molar-refractivity contribution in [1.82, 2.24) is 15.1 Å². The molecule has 2 unspecified atom stereocenters. The number of aliphatic hydroxyl groups is 1. The van der Waals surface area contributed by atoms with E-state index in [9.17, 15) is 9.90 Å². The number of carbonyl (C=O) groups excluding carboxylic acids is 1. The number of hydrogen-bond donors (Lipinski definition) is 3. The van der Waals surface area contributed by atoms with Crippen LogP contribution < -0.4 is 10.6 Å². The predicted molar refractivity (Wildman–Crippen MR) is 80.8 cm³/mol. The fraction of sp³-hybridized carbons (Fsp3) is 0.333. The molecule has 0 saturated carbocycles. The maximum absolute atomic E-state index is 11.8. The SMILES string of the molecule is CC(CC(O)c1ccccc1)NC(=O)Nc1cnn(C)c1. The van der Waals surface area contributed by atoms with Gasteiger partial charge < -0.3 is 15.7 Å². The van der Waals surface area contributed by atoms with E-state index >= 15 is 0 Å². The first-order chi connectivity index (χ1) is 10.0. The van der Waals surface area contributed by atoms with E-state index in [4.69, 9.17) is 0 Å². The third-order valence-electron chi connectivity index (χ3n) is 3.10. The van der Waals surface area contributed by atoms with Crippen molar-refractivity contribution in [3.63, 3.8) is 0 Å². The largest absolute Gasteiger partial charge is 0.388 e. The number of urea groups is 1. The average Bonchev–Trinajstić information content (AvgIpc) is 2.84. The molecule has 0 saturated heterocycles. The van der Waals surface area contributed by atoms with Gasteiger partial charge in [0, 0.05) is 19.3 Å². The molecular formula is C15H20N4O2. The molecule has 0 bridgehead atoms. The molecule has 6 nitrogen and oxygen atoms in total. The van der Waals surface area contributed by atoms with Crippen LogP contribution in [0, 0.1) is 0 Å². The number of nitrogens with one attached hydrogen (secondary N) is 2. The summed E-state index contributed by atoms with van der Waals surface area (Å²) in [7, 11) is 1.78. The van der Waals surface area contributed by atoms with Crippen molar-refractivity contribution >= 4 is 11.7 Å². The van der Waals surface area contributed by atoms with E-state index in [0.29, 0.717) is 12.1 Å². The van der Waals surface area contributed by atoms with Gasteiger partial charge in [0.25, 0.3) is 0 Å². The normalized spacial score (nSPS) is 13.5. The van der Waals surface area contributed by atoms with E-state index in [1.165, 1.54) is 0 Å². The van der Waals surface area contributed by atoms with Gasteiger partial charge in [-0.1, -0.05) is 30.3 Å². The summed E-state index contributed by atoms with van der Waals surface area (Å²) in [5.74, 6) is 0. The summed E-state index contributed by atoms with van der Waals surface area (Å²) in [6.07, 6.45) is 3.14. The quantitative estimate of drug-likeness (QED) is 0.788. The van der Waals surface area contributed by atoms with Crippen LogP contribution in [0.25, 0.3) is 0 Å². The highest BCUT2D eigenvalue weighted by molar-refractivity contribution is 5.89. The van der Waals surface area contributed by atoms with Gasteiger partial charge in [0.05, 0.1) is 18.0 Å². The maximum Gasteiger partial charge on any atom is 0.319 e. The number of benzene rings is 1. The minimum absolute atomic E-state index is 0.156. The van der Waals surface area contributed by atoms with Crippen molar-refractivity contribution in [2.45, 2.75) is 25.5 Å². The lowest BCUT2D eigenvalue weighted by atomic mass is 10.0. The van der Waals surface area contributed by atoms with Gasteiger partial charge in [-0.3, -0.25) is 4.68 Å². The number of amides is 2. The molecule has 1 heterocycles. The molecule has 0 fully saturated rings. The number of rotatable bonds is 5. The van der Waals surface area contributed by atoms with Gasteiger partial charge in [-0.05, 0) is 18.9 Å². The van der Waals surface area contributed by atoms with Crippen molar-refractivity contribution in [3.8, 4) is 0 Å². The minimum atomic E-state index is -0.597. The molecule has 2 rings (SSSR count). The lowest BCUT2D eigenvalue weighted by Crippen LogP contribution is -2.36. The number of aliphatic hydroxyl groups excluding tert-OH is 1. The average molecular weight is 288 g/mol. The molecule has 0 aliphatic rings. The maximum atomic E-state index is 11.8. The number of hydrogen-bond acceptors (Lipinski definition) is 3. The second-order valence-corrected chi connectivity index (χ2v) is 5.06. The van der Waals surface area contributed by atoms with Crippen LogP contribution in [0.5, 0.6) is 0 Å². The first-order valence-electron chi connectivity index (χ1n) is 6.84. The lowest BCUT2D eigenvalue weighted by Gasteiger charge is -2.18. The Balaban J connectivity index is 1.81. The van der Waals surface area contributed by atoms with Gasteiger partial charge in [0.15, 0.2) is 0 Å². The molecule has 0 aliphatic carbocycles. The molecule has 0 aliphatic heterocycles. The molecule has 6 heteroatoms. The summed E-state index contributed by atoms with van der Waals surface area (Å²) >= 11 is 0. The molecule has 2 atom stereocenters. The zero-order valence-corrected chi connectivity index (χ0v) is 12.2. The molecule has 1 aromatic heterocycles. The summed E-state index contributed by atoms with van der Waals surface area (Å²) < 4.78 is 1.61. The highest BCUT2D eigenvalue weighted by atomic mass is 16.3. The van der Waals surface area contributed by atoms with Gasteiger partial charge >= 0.3 is 6.03 Å². The highest BCUT2D eigenvalue weighted by Gasteiger charge is 2.14. The second kappa shape index (κ2) is 6.90. The number of aromatic nitrogens is 2. The summed E-state index contributed by atoms with van der Waals surface area (Å²) in [6.45, 7) is 1.86. The monoisotopic (exact) mass is 288 g/mol. The third kappa shape index (κ3) is 4.61. The van der Waals surface area contributed by atoms with E-state index in [-0.39, 0.29) is 12.1 Å². The van der Waals surface area contributed by atoms with Gasteiger partial charge in [0.2, 0.25) is 0 Å². The number of carbonyl (C=O) groups is 1. The molecule has 0 radical (unpaired) electrons. The van der Waals surface area contributed by atoms with Crippen LogP contribution in [-0.4, -0.2) is 27.0 Å². The van der Waals surface area contributed by atoms with Crippen molar-refractivity contribution in [3.05, 3.63) is 48.3 Å². The summed E-state index contributed by atoms with van der Waals surface area (Å²) in [6, 6.07) is 8.93. The number of aryl methyl sites for hydroxylation is 1. The molecular weight excluding hydrogens is 268 g/mol.